The van der Waals surface area contributed by atoms with Crippen molar-refractivity contribution in [1.29, 1.82) is 0 Å². The Bertz CT molecular complexity index is 1080. The molecule has 9 heteroatoms. The van der Waals surface area contributed by atoms with Gasteiger partial charge in [0.15, 0.2) is 6.10 Å². The maximum atomic E-state index is 12.3. The average molecular weight is 396 g/mol. The molecule has 29 heavy (non-hydrogen) atoms. The Balaban J connectivity index is 1.59. The zero-order valence-electron chi connectivity index (χ0n) is 17.1. The van der Waals surface area contributed by atoms with Gasteiger partial charge in [0.05, 0.1) is 6.42 Å². The number of hydrogen-bond acceptors (Lipinski definition) is 6. The van der Waals surface area contributed by atoms with Gasteiger partial charge in [0, 0.05) is 17.0 Å². The van der Waals surface area contributed by atoms with Gasteiger partial charge in [-0.25, -0.2) is 9.50 Å². The predicted octanol–water partition coefficient (Wildman–Crippen LogP) is 1.52. The van der Waals surface area contributed by atoms with E-state index in [9.17, 15) is 9.59 Å². The van der Waals surface area contributed by atoms with Crippen molar-refractivity contribution in [3.8, 4) is 5.75 Å². The van der Waals surface area contributed by atoms with Gasteiger partial charge < -0.3 is 4.74 Å². The van der Waals surface area contributed by atoms with E-state index < -0.39 is 12.0 Å². The molecule has 3 aromatic rings. The molecule has 2 aromatic heterocycles. The Labute approximate surface area is 168 Å². The standard InChI is InChI=1S/C20H24N6O3/c1-11-7-6-8-17(12(11)2)29-15(5)19(28)25-24-18(27)9-16-13(3)23-20-21-10-22-26(20)14(16)4/h6-8,10,15H,9H2,1-5H3,(H,24,27)(H,25,28)/t15-/m1/s1. The second kappa shape index (κ2) is 8.26. The first-order valence-corrected chi connectivity index (χ1v) is 9.25. The minimum Gasteiger partial charge on any atom is -0.481 e. The number of hydrazine groups is 1. The van der Waals surface area contributed by atoms with E-state index >= 15 is 0 Å². The zero-order valence-corrected chi connectivity index (χ0v) is 17.1. The SMILES string of the molecule is Cc1cccc(O[C@H](C)C(=O)NNC(=O)Cc2c(C)nc3ncnn3c2C)c1C. The molecule has 9 nitrogen and oxygen atoms in total. The van der Waals surface area contributed by atoms with Gasteiger partial charge in [0.1, 0.15) is 12.1 Å². The lowest BCUT2D eigenvalue weighted by Crippen LogP contribution is -2.47. The second-order valence-corrected chi connectivity index (χ2v) is 6.91. The number of aromatic nitrogens is 4. The molecule has 0 fully saturated rings. The van der Waals surface area contributed by atoms with E-state index in [0.717, 1.165) is 22.4 Å². The topological polar surface area (TPSA) is 111 Å². The maximum Gasteiger partial charge on any atom is 0.279 e. The average Bonchev–Trinajstić information content (AvgIpc) is 3.15. The maximum absolute atomic E-state index is 12.3. The highest BCUT2D eigenvalue weighted by Crippen LogP contribution is 2.21. The molecule has 1 aromatic carbocycles. The van der Waals surface area contributed by atoms with Crippen molar-refractivity contribution in [3.63, 3.8) is 0 Å². The fourth-order valence-electron chi connectivity index (χ4n) is 2.94. The molecule has 1 atom stereocenters. The smallest absolute Gasteiger partial charge is 0.279 e. The Morgan fingerprint density at radius 1 is 1.17 bits per heavy atom. The van der Waals surface area contributed by atoms with E-state index in [-0.39, 0.29) is 12.3 Å². The van der Waals surface area contributed by atoms with Crippen molar-refractivity contribution >= 4 is 17.6 Å². The van der Waals surface area contributed by atoms with E-state index in [1.165, 1.54) is 6.33 Å². The molecular weight excluding hydrogens is 372 g/mol. The fraction of sp³-hybridized carbons (Fsp3) is 0.350. The molecule has 0 aliphatic heterocycles. The Hall–Kier alpha value is -3.49. The number of ether oxygens (including phenoxy) is 1. The lowest BCUT2D eigenvalue weighted by atomic mass is 10.1. The molecule has 0 saturated heterocycles. The van der Waals surface area contributed by atoms with E-state index in [1.807, 2.05) is 45.9 Å². The van der Waals surface area contributed by atoms with Crippen LogP contribution in [-0.2, 0) is 16.0 Å². The molecule has 3 rings (SSSR count). The third-order valence-electron chi connectivity index (χ3n) is 4.88. The van der Waals surface area contributed by atoms with Gasteiger partial charge in [-0.1, -0.05) is 12.1 Å². The highest BCUT2D eigenvalue weighted by atomic mass is 16.5. The monoisotopic (exact) mass is 396 g/mol. The molecule has 2 N–H and O–H groups in total. The van der Waals surface area contributed by atoms with Crippen molar-refractivity contribution in [1.82, 2.24) is 30.4 Å². The first kappa shape index (κ1) is 20.2. The molecule has 2 heterocycles. The van der Waals surface area contributed by atoms with Crippen LogP contribution < -0.4 is 15.6 Å². The first-order chi connectivity index (χ1) is 13.8. The molecule has 0 unspecified atom stereocenters. The quantitative estimate of drug-likeness (QED) is 0.633. The molecule has 0 bridgehead atoms. The van der Waals surface area contributed by atoms with Crippen LogP contribution in [0.4, 0.5) is 0 Å². The van der Waals surface area contributed by atoms with Crippen LogP contribution in [0.3, 0.4) is 0 Å². The predicted molar refractivity (Wildman–Crippen MR) is 106 cm³/mol. The van der Waals surface area contributed by atoms with Crippen LogP contribution in [-0.4, -0.2) is 37.5 Å². The van der Waals surface area contributed by atoms with Crippen molar-refractivity contribution in [2.24, 2.45) is 0 Å². The number of benzene rings is 1. The molecule has 0 saturated carbocycles. The largest absolute Gasteiger partial charge is 0.481 e. The summed E-state index contributed by atoms with van der Waals surface area (Å²) < 4.78 is 7.30. The number of fused-ring (bicyclic) bond motifs is 1. The summed E-state index contributed by atoms with van der Waals surface area (Å²) in [6.07, 6.45) is 0.691. The highest BCUT2D eigenvalue weighted by Gasteiger charge is 2.18. The Morgan fingerprint density at radius 3 is 2.69 bits per heavy atom. The highest BCUT2D eigenvalue weighted by molar-refractivity contribution is 5.85. The molecule has 0 radical (unpaired) electrons. The van der Waals surface area contributed by atoms with Crippen LogP contribution in [0.2, 0.25) is 0 Å². The lowest BCUT2D eigenvalue weighted by molar-refractivity contribution is -0.132. The molecule has 152 valence electrons. The van der Waals surface area contributed by atoms with E-state index in [0.29, 0.717) is 17.2 Å². The molecule has 2 amide bonds. The third kappa shape index (κ3) is 4.34. The van der Waals surface area contributed by atoms with Gasteiger partial charge in [-0.05, 0) is 51.8 Å². The number of aryl methyl sites for hydroxylation is 3. The Morgan fingerprint density at radius 2 is 1.93 bits per heavy atom. The Kier molecular flexibility index (Phi) is 5.76. The van der Waals surface area contributed by atoms with Crippen LogP contribution in [0.25, 0.3) is 5.78 Å². The summed E-state index contributed by atoms with van der Waals surface area (Å²) in [5.41, 5.74) is 9.08. The summed E-state index contributed by atoms with van der Waals surface area (Å²) in [6, 6.07) is 5.65. The van der Waals surface area contributed by atoms with Crippen molar-refractivity contribution in [2.75, 3.05) is 0 Å². The van der Waals surface area contributed by atoms with Crippen molar-refractivity contribution < 1.29 is 14.3 Å². The summed E-state index contributed by atoms with van der Waals surface area (Å²) >= 11 is 0. The minimum absolute atomic E-state index is 0.0486. The van der Waals surface area contributed by atoms with E-state index in [4.69, 9.17) is 4.74 Å². The van der Waals surface area contributed by atoms with Crippen molar-refractivity contribution in [2.45, 2.75) is 47.1 Å². The number of amides is 2. The summed E-state index contributed by atoms with van der Waals surface area (Å²) in [6.45, 7) is 9.19. The summed E-state index contributed by atoms with van der Waals surface area (Å²) in [7, 11) is 0. The van der Waals surface area contributed by atoms with Crippen LogP contribution in [0.5, 0.6) is 5.75 Å². The molecule has 0 aliphatic rings. The van der Waals surface area contributed by atoms with Crippen LogP contribution >= 0.6 is 0 Å². The normalized spacial score (nSPS) is 11.9. The molecule has 0 spiro atoms. The van der Waals surface area contributed by atoms with Gasteiger partial charge in [-0.15, -0.1) is 0 Å². The third-order valence-corrected chi connectivity index (χ3v) is 4.88. The number of nitrogens with one attached hydrogen (secondary N) is 2. The zero-order chi connectivity index (χ0) is 21.1. The van der Waals surface area contributed by atoms with Crippen LogP contribution in [0.1, 0.15) is 35.0 Å². The van der Waals surface area contributed by atoms with Crippen LogP contribution in [0.15, 0.2) is 24.5 Å². The first-order valence-electron chi connectivity index (χ1n) is 9.25. The number of hydrogen-bond donors (Lipinski definition) is 2. The summed E-state index contributed by atoms with van der Waals surface area (Å²) in [5, 5.41) is 4.10. The molecule has 0 aliphatic carbocycles. The van der Waals surface area contributed by atoms with Crippen molar-refractivity contribution in [3.05, 3.63) is 52.6 Å². The number of rotatable bonds is 5. The van der Waals surface area contributed by atoms with Gasteiger partial charge in [-0.3, -0.25) is 20.4 Å². The van der Waals surface area contributed by atoms with Gasteiger partial charge in [-0.2, -0.15) is 10.1 Å². The van der Waals surface area contributed by atoms with Crippen LogP contribution in [0, 0.1) is 27.7 Å². The second-order valence-electron chi connectivity index (χ2n) is 6.91. The number of carbonyl (C=O) groups excluding carboxylic acids is 2. The van der Waals surface area contributed by atoms with Gasteiger partial charge in [0.2, 0.25) is 5.91 Å². The summed E-state index contributed by atoms with van der Waals surface area (Å²) in [5.74, 6) is 0.301. The fourth-order valence-corrected chi connectivity index (χ4v) is 2.94. The number of nitrogens with zero attached hydrogens (tertiary/aromatic N) is 4. The van der Waals surface area contributed by atoms with Gasteiger partial charge in [0.25, 0.3) is 11.7 Å². The number of carbonyl (C=O) groups is 2. The summed E-state index contributed by atoms with van der Waals surface area (Å²) in [4.78, 5) is 33.0. The van der Waals surface area contributed by atoms with E-state index in [1.54, 1.807) is 11.4 Å². The lowest BCUT2D eigenvalue weighted by Gasteiger charge is -2.17. The van der Waals surface area contributed by atoms with E-state index in [2.05, 4.69) is 25.9 Å². The molecular formula is C20H24N6O3. The van der Waals surface area contributed by atoms with Gasteiger partial charge >= 0.3 is 0 Å². The minimum atomic E-state index is -0.771.